The highest BCUT2D eigenvalue weighted by Gasteiger charge is 2.45. The number of methoxy groups -OCH3 is 2. The maximum Gasteiger partial charge on any atom is 0.255 e. The number of carbonyl (C=O) groups is 1. The van der Waals surface area contributed by atoms with Gasteiger partial charge in [-0.3, -0.25) is 9.48 Å². The van der Waals surface area contributed by atoms with Crippen LogP contribution in [0, 0.1) is 0 Å². The molecule has 13 heteroatoms. The van der Waals surface area contributed by atoms with Crippen LogP contribution < -0.4 is 24.7 Å². The molecule has 42 heavy (non-hydrogen) atoms. The molecule has 1 aliphatic rings. The Kier molecular flexibility index (Phi) is 9.91. The molecule has 0 saturated carbocycles. The van der Waals surface area contributed by atoms with E-state index in [0.29, 0.717) is 28.5 Å². The van der Waals surface area contributed by atoms with Crippen LogP contribution in [-0.2, 0) is 16.0 Å². The van der Waals surface area contributed by atoms with Gasteiger partial charge in [0.1, 0.15) is 41.7 Å². The maximum absolute atomic E-state index is 11.2. The Morgan fingerprint density at radius 2 is 1.71 bits per heavy atom. The van der Waals surface area contributed by atoms with E-state index in [9.17, 15) is 25.2 Å². The van der Waals surface area contributed by atoms with Crippen LogP contribution in [-0.4, -0.2) is 94.3 Å². The first-order valence-electron chi connectivity index (χ1n) is 13.4. The Hall–Kier alpha value is -3.88. The van der Waals surface area contributed by atoms with Gasteiger partial charge in [-0.2, -0.15) is 0 Å². The Bertz CT molecular complexity index is 1360. The van der Waals surface area contributed by atoms with E-state index in [1.54, 1.807) is 30.0 Å². The number of nitrogens with two attached hydrogens (primary N) is 1. The zero-order chi connectivity index (χ0) is 30.6. The van der Waals surface area contributed by atoms with E-state index in [1.165, 1.54) is 7.11 Å². The molecular formula is C29H37N3O10. The zero-order valence-electron chi connectivity index (χ0n) is 23.8. The molecule has 0 bridgehead atoms. The molecule has 0 unspecified atom stereocenters. The highest BCUT2D eigenvalue weighted by atomic mass is 16.7. The molecule has 0 spiro atoms. The number of amides is 1. The topological polar surface area (TPSA) is 188 Å². The quantitative estimate of drug-likeness (QED) is 0.201. The first-order chi connectivity index (χ1) is 20.1. The number of aliphatic hydroxyl groups is 4. The molecule has 0 aliphatic carbocycles. The Morgan fingerprint density at radius 1 is 1.02 bits per heavy atom. The van der Waals surface area contributed by atoms with Crippen molar-refractivity contribution in [1.82, 2.24) is 9.78 Å². The maximum atomic E-state index is 11.2. The minimum absolute atomic E-state index is 0.106. The van der Waals surface area contributed by atoms with Crippen molar-refractivity contribution in [1.29, 1.82) is 0 Å². The summed E-state index contributed by atoms with van der Waals surface area (Å²) < 4.78 is 29.9. The molecule has 1 amide bonds. The number of primary amides is 1. The fraction of sp³-hybridized carbons (Fsp3) is 0.448. The average Bonchev–Trinajstić information content (AvgIpc) is 3.34. The van der Waals surface area contributed by atoms with Crippen LogP contribution in [0.5, 0.6) is 23.1 Å². The summed E-state index contributed by atoms with van der Waals surface area (Å²) in [5, 5.41) is 45.6. The van der Waals surface area contributed by atoms with Gasteiger partial charge in [-0.15, -0.1) is 5.10 Å². The van der Waals surface area contributed by atoms with Crippen molar-refractivity contribution >= 4 is 5.91 Å². The fourth-order valence-electron chi connectivity index (χ4n) is 4.71. The highest BCUT2D eigenvalue weighted by molar-refractivity contribution is 5.75. The van der Waals surface area contributed by atoms with E-state index in [2.05, 4.69) is 0 Å². The largest absolute Gasteiger partial charge is 0.497 e. The van der Waals surface area contributed by atoms with Crippen LogP contribution in [0.15, 0.2) is 42.5 Å². The standard InChI is InChI=1S/C29H37N3O10/c1-15(2)32-24(16-5-8-18(38-3)9-6-16)20(11-17-7-10-19(12-21(17)39-4)40-14-23(30)34)28(31-32)42-29-27(37)26(36)25(35)22(13-33)41-29/h5-10,12,15,22,25-27,29,33,35-37H,11,13-14H2,1-4H3,(H2,30,34)/t22-,25-,26+,27-,29+/m1/s1. The molecule has 1 saturated heterocycles. The lowest BCUT2D eigenvalue weighted by atomic mass is 9.98. The third-order valence-corrected chi connectivity index (χ3v) is 6.91. The summed E-state index contributed by atoms with van der Waals surface area (Å²) in [7, 11) is 3.08. The molecule has 0 radical (unpaired) electrons. The van der Waals surface area contributed by atoms with Gasteiger partial charge in [0.2, 0.25) is 12.2 Å². The molecule has 1 aliphatic heterocycles. The second-order valence-electron chi connectivity index (χ2n) is 10.1. The van der Waals surface area contributed by atoms with Crippen molar-refractivity contribution in [2.24, 2.45) is 5.73 Å². The third kappa shape index (κ3) is 6.61. The number of rotatable bonds is 12. The number of hydrogen-bond donors (Lipinski definition) is 5. The number of nitrogens with zero attached hydrogens (tertiary/aromatic N) is 2. The van der Waals surface area contributed by atoms with Crippen molar-refractivity contribution in [3.05, 3.63) is 53.6 Å². The van der Waals surface area contributed by atoms with Gasteiger partial charge < -0.3 is 49.8 Å². The van der Waals surface area contributed by atoms with Crippen molar-refractivity contribution < 1.29 is 48.9 Å². The van der Waals surface area contributed by atoms with Gasteiger partial charge in [-0.1, -0.05) is 6.07 Å². The molecule has 3 aromatic rings. The van der Waals surface area contributed by atoms with Crippen LogP contribution in [0.3, 0.4) is 0 Å². The van der Waals surface area contributed by atoms with E-state index in [0.717, 1.165) is 11.1 Å². The van der Waals surface area contributed by atoms with Crippen molar-refractivity contribution in [2.45, 2.75) is 57.0 Å². The van der Waals surface area contributed by atoms with Crippen molar-refractivity contribution in [2.75, 3.05) is 27.4 Å². The van der Waals surface area contributed by atoms with Crippen molar-refractivity contribution in [3.8, 4) is 34.4 Å². The number of carbonyl (C=O) groups excluding carboxylic acids is 1. The predicted molar refractivity (Wildman–Crippen MR) is 149 cm³/mol. The second kappa shape index (κ2) is 13.4. The number of ether oxygens (including phenoxy) is 5. The number of aromatic nitrogens is 2. The van der Waals surface area contributed by atoms with Gasteiger partial charge in [-0.25, -0.2) is 0 Å². The van der Waals surface area contributed by atoms with Crippen LogP contribution >= 0.6 is 0 Å². The first kappa shape index (κ1) is 31.1. The molecule has 4 rings (SSSR count). The molecule has 6 N–H and O–H groups in total. The van der Waals surface area contributed by atoms with E-state index < -0.39 is 43.2 Å². The van der Waals surface area contributed by atoms with Crippen LogP contribution in [0.1, 0.15) is 31.0 Å². The van der Waals surface area contributed by atoms with Crippen LogP contribution in [0.4, 0.5) is 0 Å². The molecule has 5 atom stereocenters. The van der Waals surface area contributed by atoms with Gasteiger partial charge in [-0.05, 0) is 49.7 Å². The van der Waals surface area contributed by atoms with Crippen LogP contribution in [0.2, 0.25) is 0 Å². The summed E-state index contributed by atoms with van der Waals surface area (Å²) in [6, 6.07) is 12.4. The fourth-order valence-corrected chi connectivity index (χ4v) is 4.71. The summed E-state index contributed by atoms with van der Waals surface area (Å²) in [5.74, 6) is 1.02. The minimum Gasteiger partial charge on any atom is -0.497 e. The third-order valence-electron chi connectivity index (χ3n) is 6.91. The zero-order valence-corrected chi connectivity index (χ0v) is 23.8. The SMILES string of the molecule is COc1ccc(-c2c(Cc3ccc(OCC(N)=O)cc3OC)c(O[C@@H]3O[C@H](CO)[C@@H](O)[C@H](O)[C@H]3O)nn2C(C)C)cc1. The van der Waals surface area contributed by atoms with E-state index in [1.807, 2.05) is 38.1 Å². The molecule has 228 valence electrons. The minimum atomic E-state index is -1.62. The van der Waals surface area contributed by atoms with E-state index in [4.69, 9.17) is 34.5 Å². The Morgan fingerprint density at radius 3 is 2.31 bits per heavy atom. The summed E-state index contributed by atoms with van der Waals surface area (Å²) >= 11 is 0. The summed E-state index contributed by atoms with van der Waals surface area (Å²) in [6.07, 6.45) is -7.14. The summed E-state index contributed by atoms with van der Waals surface area (Å²) in [5.41, 5.74) is 8.04. The molecule has 1 fully saturated rings. The smallest absolute Gasteiger partial charge is 0.255 e. The monoisotopic (exact) mass is 587 g/mol. The van der Waals surface area contributed by atoms with E-state index in [-0.39, 0.29) is 24.9 Å². The highest BCUT2D eigenvalue weighted by Crippen LogP contribution is 2.39. The van der Waals surface area contributed by atoms with Gasteiger partial charge in [0.05, 0.1) is 26.5 Å². The first-order valence-corrected chi connectivity index (χ1v) is 13.4. The van der Waals surface area contributed by atoms with Gasteiger partial charge in [0.25, 0.3) is 5.91 Å². The summed E-state index contributed by atoms with van der Waals surface area (Å²) in [4.78, 5) is 11.2. The number of aliphatic hydroxyl groups excluding tert-OH is 4. The molecule has 1 aromatic heterocycles. The lowest BCUT2D eigenvalue weighted by Crippen LogP contribution is -2.60. The molecular weight excluding hydrogens is 550 g/mol. The van der Waals surface area contributed by atoms with Crippen molar-refractivity contribution in [3.63, 3.8) is 0 Å². The lowest BCUT2D eigenvalue weighted by molar-refractivity contribution is -0.278. The van der Waals surface area contributed by atoms with Crippen LogP contribution in [0.25, 0.3) is 11.3 Å². The number of hydrogen-bond acceptors (Lipinski definition) is 11. The number of benzene rings is 2. The second-order valence-corrected chi connectivity index (χ2v) is 10.1. The van der Waals surface area contributed by atoms with Gasteiger partial charge in [0.15, 0.2) is 6.61 Å². The molecule has 13 nitrogen and oxygen atoms in total. The average molecular weight is 588 g/mol. The normalized spacial score (nSPS) is 22.2. The lowest BCUT2D eigenvalue weighted by Gasteiger charge is -2.39. The predicted octanol–water partition coefficient (Wildman–Crippen LogP) is 0.782. The molecule has 2 aromatic carbocycles. The Balaban J connectivity index is 1.81. The molecule has 2 heterocycles. The Labute approximate surface area is 243 Å². The van der Waals surface area contributed by atoms with Gasteiger partial charge in [0, 0.05) is 29.7 Å². The van der Waals surface area contributed by atoms with Gasteiger partial charge >= 0.3 is 0 Å². The van der Waals surface area contributed by atoms with E-state index >= 15 is 0 Å². The summed E-state index contributed by atoms with van der Waals surface area (Å²) in [6.45, 7) is 3.01.